The summed E-state index contributed by atoms with van der Waals surface area (Å²) < 4.78 is 5.34. The fraction of sp³-hybridized carbons (Fsp3) is 0.737. The monoisotopic (exact) mass is 316 g/mol. The van der Waals surface area contributed by atoms with Crippen LogP contribution < -0.4 is 4.74 Å². The minimum absolute atomic E-state index is 0.0265. The maximum Gasteiger partial charge on any atom is 0.324 e. The molecule has 0 aliphatic heterocycles. The number of ether oxygens (including phenoxy) is 1. The third-order valence-corrected chi connectivity index (χ3v) is 5.78. The Morgan fingerprint density at radius 2 is 1.48 bits per heavy atom. The second-order valence-corrected chi connectivity index (χ2v) is 7.60. The first kappa shape index (κ1) is 16.4. The SMILES string of the molecule is Cc1cnc(OC(=O)C2CCC(C3CCC(C)CC3)CC2)nc1. The van der Waals surface area contributed by atoms with E-state index >= 15 is 0 Å². The second kappa shape index (κ2) is 7.41. The Balaban J connectivity index is 1.46. The molecule has 1 aromatic heterocycles. The molecule has 1 heterocycles. The fourth-order valence-corrected chi connectivity index (χ4v) is 4.19. The highest BCUT2D eigenvalue weighted by molar-refractivity contribution is 5.74. The van der Waals surface area contributed by atoms with E-state index in [0.717, 1.165) is 36.2 Å². The zero-order chi connectivity index (χ0) is 16.2. The van der Waals surface area contributed by atoms with Crippen molar-refractivity contribution < 1.29 is 9.53 Å². The van der Waals surface area contributed by atoms with Crippen LogP contribution in [0.3, 0.4) is 0 Å². The molecule has 2 saturated carbocycles. The Hall–Kier alpha value is -1.45. The van der Waals surface area contributed by atoms with Crippen LogP contribution in [0.5, 0.6) is 6.01 Å². The summed E-state index contributed by atoms with van der Waals surface area (Å²) in [5.74, 6) is 2.50. The van der Waals surface area contributed by atoms with Gasteiger partial charge in [-0.15, -0.1) is 0 Å². The van der Waals surface area contributed by atoms with E-state index in [1.807, 2.05) is 6.92 Å². The lowest BCUT2D eigenvalue weighted by Gasteiger charge is -2.36. The number of hydrogen-bond acceptors (Lipinski definition) is 4. The van der Waals surface area contributed by atoms with E-state index < -0.39 is 0 Å². The molecule has 2 fully saturated rings. The molecule has 0 unspecified atom stereocenters. The van der Waals surface area contributed by atoms with Crippen LogP contribution in [-0.2, 0) is 4.79 Å². The molecular formula is C19H28N2O2. The number of aromatic nitrogens is 2. The Morgan fingerprint density at radius 1 is 0.957 bits per heavy atom. The maximum absolute atomic E-state index is 12.3. The Morgan fingerprint density at radius 3 is 2.04 bits per heavy atom. The number of rotatable bonds is 3. The van der Waals surface area contributed by atoms with Crippen LogP contribution in [0.1, 0.15) is 63.9 Å². The first-order chi connectivity index (χ1) is 11.1. The van der Waals surface area contributed by atoms with Crippen LogP contribution in [0.25, 0.3) is 0 Å². The summed E-state index contributed by atoms with van der Waals surface area (Å²) in [6, 6.07) is 0.184. The lowest BCUT2D eigenvalue weighted by molar-refractivity contribution is -0.141. The fourth-order valence-electron chi connectivity index (χ4n) is 4.19. The predicted octanol–water partition coefficient (Wildman–Crippen LogP) is 4.32. The molecule has 0 saturated heterocycles. The Labute approximate surface area is 139 Å². The summed E-state index contributed by atoms with van der Waals surface area (Å²) in [5.41, 5.74) is 0.965. The average Bonchev–Trinajstić information content (AvgIpc) is 2.58. The molecular weight excluding hydrogens is 288 g/mol. The minimum Gasteiger partial charge on any atom is -0.391 e. The van der Waals surface area contributed by atoms with Crippen molar-refractivity contribution in [2.75, 3.05) is 0 Å². The molecule has 0 atom stereocenters. The maximum atomic E-state index is 12.3. The van der Waals surface area contributed by atoms with Crippen LogP contribution in [0, 0.1) is 30.6 Å². The van der Waals surface area contributed by atoms with Crippen molar-refractivity contribution in [3.8, 4) is 6.01 Å². The van der Waals surface area contributed by atoms with Gasteiger partial charge in [0.1, 0.15) is 0 Å². The standard InChI is InChI=1S/C19H28N2O2/c1-13-3-5-15(6-4-13)16-7-9-17(10-8-16)18(22)23-19-20-11-14(2)12-21-19/h11-13,15-17H,3-10H2,1-2H3. The van der Waals surface area contributed by atoms with Crippen LogP contribution in [0.15, 0.2) is 12.4 Å². The zero-order valence-corrected chi connectivity index (χ0v) is 14.3. The van der Waals surface area contributed by atoms with Crippen LogP contribution in [-0.4, -0.2) is 15.9 Å². The molecule has 2 aliphatic rings. The van der Waals surface area contributed by atoms with Crippen LogP contribution in [0.4, 0.5) is 0 Å². The van der Waals surface area contributed by atoms with Crippen LogP contribution in [0.2, 0.25) is 0 Å². The summed E-state index contributed by atoms with van der Waals surface area (Å²) in [6.07, 6.45) is 13.2. The summed E-state index contributed by atoms with van der Waals surface area (Å²) in [5, 5.41) is 0. The van der Waals surface area contributed by atoms with E-state index in [9.17, 15) is 4.79 Å². The molecule has 1 aromatic rings. The van der Waals surface area contributed by atoms with E-state index in [4.69, 9.17) is 4.74 Å². The largest absolute Gasteiger partial charge is 0.391 e. The second-order valence-electron chi connectivity index (χ2n) is 7.60. The van der Waals surface area contributed by atoms with E-state index in [0.29, 0.717) is 0 Å². The first-order valence-corrected chi connectivity index (χ1v) is 9.12. The molecule has 4 nitrogen and oxygen atoms in total. The molecule has 3 rings (SSSR count). The normalized spacial score (nSPS) is 31.6. The molecule has 0 spiro atoms. The average molecular weight is 316 g/mol. The van der Waals surface area contributed by atoms with Crippen molar-refractivity contribution in [1.82, 2.24) is 9.97 Å². The molecule has 2 aliphatic carbocycles. The third kappa shape index (κ3) is 4.30. The minimum atomic E-state index is -0.149. The van der Waals surface area contributed by atoms with Gasteiger partial charge in [-0.3, -0.25) is 4.79 Å². The first-order valence-electron chi connectivity index (χ1n) is 9.12. The smallest absolute Gasteiger partial charge is 0.324 e. The van der Waals surface area contributed by atoms with Gasteiger partial charge in [0.05, 0.1) is 5.92 Å². The molecule has 23 heavy (non-hydrogen) atoms. The van der Waals surface area contributed by atoms with Gasteiger partial charge in [-0.25, -0.2) is 9.97 Å². The molecule has 126 valence electrons. The van der Waals surface area contributed by atoms with Gasteiger partial charge < -0.3 is 4.74 Å². The van der Waals surface area contributed by atoms with E-state index in [2.05, 4.69) is 16.9 Å². The predicted molar refractivity (Wildman–Crippen MR) is 89.0 cm³/mol. The van der Waals surface area contributed by atoms with Gasteiger partial charge >= 0.3 is 12.0 Å². The van der Waals surface area contributed by atoms with Gasteiger partial charge in [0.25, 0.3) is 0 Å². The molecule has 4 heteroatoms. The number of carbonyl (C=O) groups is 1. The number of aryl methyl sites for hydroxylation is 1. The lowest BCUT2D eigenvalue weighted by Crippen LogP contribution is -2.30. The number of nitrogens with zero attached hydrogens (tertiary/aromatic N) is 2. The Bertz CT molecular complexity index is 513. The molecule has 0 amide bonds. The zero-order valence-electron chi connectivity index (χ0n) is 14.3. The van der Waals surface area contributed by atoms with Crippen molar-refractivity contribution in [2.24, 2.45) is 23.7 Å². The van der Waals surface area contributed by atoms with Crippen LogP contribution >= 0.6 is 0 Å². The summed E-state index contributed by atoms with van der Waals surface area (Å²) in [4.78, 5) is 20.4. The van der Waals surface area contributed by atoms with Crippen molar-refractivity contribution >= 4 is 5.97 Å². The molecule has 0 radical (unpaired) electrons. The number of esters is 1. The molecule has 0 aromatic carbocycles. The highest BCUT2D eigenvalue weighted by Gasteiger charge is 2.33. The van der Waals surface area contributed by atoms with Gasteiger partial charge in [-0.1, -0.05) is 19.8 Å². The summed E-state index contributed by atoms with van der Waals surface area (Å²) in [6.45, 7) is 4.29. The molecule has 0 bridgehead atoms. The number of hydrogen-bond donors (Lipinski definition) is 0. The van der Waals surface area contributed by atoms with Gasteiger partial charge in [-0.2, -0.15) is 0 Å². The van der Waals surface area contributed by atoms with Crippen molar-refractivity contribution in [2.45, 2.75) is 65.2 Å². The summed E-state index contributed by atoms with van der Waals surface area (Å²) >= 11 is 0. The van der Waals surface area contributed by atoms with Gasteiger partial charge in [0, 0.05) is 12.4 Å². The van der Waals surface area contributed by atoms with Crippen molar-refractivity contribution in [1.29, 1.82) is 0 Å². The highest BCUT2D eigenvalue weighted by atomic mass is 16.5. The van der Waals surface area contributed by atoms with E-state index in [1.165, 1.54) is 38.5 Å². The van der Waals surface area contributed by atoms with E-state index in [1.54, 1.807) is 12.4 Å². The third-order valence-electron chi connectivity index (χ3n) is 5.78. The highest BCUT2D eigenvalue weighted by Crippen LogP contribution is 2.41. The Kier molecular flexibility index (Phi) is 5.29. The summed E-state index contributed by atoms with van der Waals surface area (Å²) in [7, 11) is 0. The van der Waals surface area contributed by atoms with Gasteiger partial charge in [-0.05, 0) is 68.8 Å². The quantitative estimate of drug-likeness (QED) is 0.779. The lowest BCUT2D eigenvalue weighted by atomic mass is 9.69. The molecule has 0 N–H and O–H groups in total. The van der Waals surface area contributed by atoms with Gasteiger partial charge in [0.15, 0.2) is 0 Å². The van der Waals surface area contributed by atoms with E-state index in [-0.39, 0.29) is 17.9 Å². The van der Waals surface area contributed by atoms with Crippen molar-refractivity contribution in [3.05, 3.63) is 18.0 Å². The topological polar surface area (TPSA) is 52.1 Å². The van der Waals surface area contributed by atoms with Crippen molar-refractivity contribution in [3.63, 3.8) is 0 Å². The number of carbonyl (C=O) groups excluding carboxylic acids is 1. The van der Waals surface area contributed by atoms with Gasteiger partial charge in [0.2, 0.25) is 0 Å².